The van der Waals surface area contributed by atoms with Crippen molar-refractivity contribution in [2.24, 2.45) is 5.41 Å². The lowest BCUT2D eigenvalue weighted by molar-refractivity contribution is 0.143. The number of anilines is 1. The first-order valence-electron chi connectivity index (χ1n) is 10.2. The Balaban J connectivity index is 1.40. The molecule has 2 fully saturated rings. The van der Waals surface area contributed by atoms with Crippen LogP contribution in [0.15, 0.2) is 40.5 Å². The lowest BCUT2D eigenvalue weighted by Gasteiger charge is -2.44. The third-order valence-electron chi connectivity index (χ3n) is 6.41. The standard InChI is InChI=1S/C21H23Cl2N5S/c22-15-5-4-6-16(18(15)23)29-17-13-24-20(28-19(17)25-14-26-28)27-11-9-21(10-12-27)7-2-1-3-8-21/h4-6,13-14H,1-3,7-12H2. The van der Waals surface area contributed by atoms with E-state index in [0.29, 0.717) is 15.5 Å². The molecule has 1 aromatic carbocycles. The van der Waals surface area contributed by atoms with Gasteiger partial charge < -0.3 is 4.90 Å². The van der Waals surface area contributed by atoms with Gasteiger partial charge in [0.05, 0.1) is 14.9 Å². The molecule has 29 heavy (non-hydrogen) atoms. The molecule has 152 valence electrons. The molecule has 0 unspecified atom stereocenters. The Bertz CT molecular complexity index is 1020. The van der Waals surface area contributed by atoms with Crippen LogP contribution in [0.1, 0.15) is 44.9 Å². The number of hydrogen-bond acceptors (Lipinski definition) is 5. The van der Waals surface area contributed by atoms with E-state index < -0.39 is 0 Å². The Morgan fingerprint density at radius 2 is 1.72 bits per heavy atom. The van der Waals surface area contributed by atoms with Crippen molar-refractivity contribution < 1.29 is 0 Å². The molecule has 3 heterocycles. The molecule has 0 atom stereocenters. The van der Waals surface area contributed by atoms with E-state index in [9.17, 15) is 0 Å². The molecule has 1 saturated heterocycles. The van der Waals surface area contributed by atoms with E-state index in [0.717, 1.165) is 34.5 Å². The number of halogens is 2. The van der Waals surface area contributed by atoms with Gasteiger partial charge in [-0.25, -0.2) is 9.97 Å². The van der Waals surface area contributed by atoms with E-state index in [-0.39, 0.29) is 0 Å². The van der Waals surface area contributed by atoms with Gasteiger partial charge in [-0.1, -0.05) is 60.3 Å². The predicted octanol–water partition coefficient (Wildman–Crippen LogP) is 6.13. The van der Waals surface area contributed by atoms with Crippen LogP contribution >= 0.6 is 35.0 Å². The molecule has 8 heteroatoms. The fraction of sp³-hybridized carbons (Fsp3) is 0.476. The summed E-state index contributed by atoms with van der Waals surface area (Å²) in [6.45, 7) is 2.07. The van der Waals surface area contributed by atoms with Crippen molar-refractivity contribution >= 4 is 46.6 Å². The van der Waals surface area contributed by atoms with Crippen molar-refractivity contribution in [3.05, 3.63) is 40.8 Å². The zero-order chi connectivity index (χ0) is 19.8. The third kappa shape index (κ3) is 3.71. The van der Waals surface area contributed by atoms with Crippen molar-refractivity contribution in [2.75, 3.05) is 18.0 Å². The number of hydrogen-bond donors (Lipinski definition) is 0. The molecule has 5 rings (SSSR count). The highest BCUT2D eigenvalue weighted by atomic mass is 35.5. The summed E-state index contributed by atoms with van der Waals surface area (Å²) >= 11 is 14.0. The number of rotatable bonds is 3. The number of aromatic nitrogens is 4. The van der Waals surface area contributed by atoms with E-state index in [1.165, 1.54) is 56.7 Å². The Morgan fingerprint density at radius 3 is 2.52 bits per heavy atom. The van der Waals surface area contributed by atoms with Crippen LogP contribution in [0.2, 0.25) is 10.0 Å². The van der Waals surface area contributed by atoms with E-state index >= 15 is 0 Å². The highest BCUT2D eigenvalue weighted by Crippen LogP contribution is 2.45. The summed E-state index contributed by atoms with van der Waals surface area (Å²) < 4.78 is 1.86. The van der Waals surface area contributed by atoms with Crippen LogP contribution in [-0.4, -0.2) is 32.7 Å². The molecule has 0 N–H and O–H groups in total. The van der Waals surface area contributed by atoms with E-state index in [2.05, 4.69) is 15.0 Å². The first-order chi connectivity index (χ1) is 14.2. The molecule has 2 aliphatic rings. The summed E-state index contributed by atoms with van der Waals surface area (Å²) in [5.41, 5.74) is 1.36. The average Bonchev–Trinajstić information content (AvgIpc) is 3.24. The van der Waals surface area contributed by atoms with Crippen LogP contribution in [0.25, 0.3) is 5.65 Å². The minimum Gasteiger partial charge on any atom is -0.341 e. The minimum absolute atomic E-state index is 0.545. The van der Waals surface area contributed by atoms with Crippen molar-refractivity contribution in [3.63, 3.8) is 0 Å². The summed E-state index contributed by atoms with van der Waals surface area (Å²) in [6, 6.07) is 5.64. The highest BCUT2D eigenvalue weighted by Gasteiger charge is 2.36. The molecule has 3 aromatic rings. The van der Waals surface area contributed by atoms with Gasteiger partial charge in [-0.05, 0) is 43.2 Å². The first kappa shape index (κ1) is 19.5. The number of benzene rings is 1. The van der Waals surface area contributed by atoms with Gasteiger partial charge >= 0.3 is 0 Å². The van der Waals surface area contributed by atoms with Crippen LogP contribution in [0, 0.1) is 5.41 Å². The summed E-state index contributed by atoms with van der Waals surface area (Å²) in [6.07, 6.45) is 12.9. The molecular weight excluding hydrogens is 425 g/mol. The van der Waals surface area contributed by atoms with E-state index in [4.69, 9.17) is 28.2 Å². The summed E-state index contributed by atoms with van der Waals surface area (Å²) in [5, 5.41) is 5.56. The number of nitrogens with zero attached hydrogens (tertiary/aromatic N) is 5. The maximum Gasteiger partial charge on any atom is 0.228 e. The summed E-state index contributed by atoms with van der Waals surface area (Å²) in [4.78, 5) is 13.4. The highest BCUT2D eigenvalue weighted by molar-refractivity contribution is 7.99. The summed E-state index contributed by atoms with van der Waals surface area (Å²) in [7, 11) is 0. The molecule has 5 nitrogen and oxygen atoms in total. The molecule has 1 aliphatic carbocycles. The second-order valence-corrected chi connectivity index (χ2v) is 9.99. The van der Waals surface area contributed by atoms with Gasteiger partial charge in [-0.2, -0.15) is 9.61 Å². The van der Waals surface area contributed by atoms with Gasteiger partial charge in [0.1, 0.15) is 6.33 Å². The molecule has 1 aliphatic heterocycles. The van der Waals surface area contributed by atoms with Gasteiger partial charge in [0.25, 0.3) is 0 Å². The summed E-state index contributed by atoms with van der Waals surface area (Å²) in [5.74, 6) is 0.879. The van der Waals surface area contributed by atoms with Gasteiger partial charge in [0, 0.05) is 24.2 Å². The topological polar surface area (TPSA) is 46.3 Å². The van der Waals surface area contributed by atoms with Crippen molar-refractivity contribution in [2.45, 2.75) is 54.7 Å². The molecule has 2 aromatic heterocycles. The van der Waals surface area contributed by atoms with Crippen LogP contribution in [0.5, 0.6) is 0 Å². The fourth-order valence-electron chi connectivity index (χ4n) is 4.74. The van der Waals surface area contributed by atoms with Gasteiger partial charge in [0.2, 0.25) is 5.95 Å². The Morgan fingerprint density at radius 1 is 0.931 bits per heavy atom. The lowest BCUT2D eigenvalue weighted by Crippen LogP contribution is -2.42. The largest absolute Gasteiger partial charge is 0.341 e. The fourth-order valence-corrected chi connectivity index (χ4v) is 6.13. The van der Waals surface area contributed by atoms with Gasteiger partial charge in [-0.15, -0.1) is 0 Å². The van der Waals surface area contributed by atoms with Gasteiger partial charge in [0.15, 0.2) is 5.65 Å². The zero-order valence-corrected chi connectivity index (χ0v) is 18.5. The maximum atomic E-state index is 6.37. The first-order valence-corrected chi connectivity index (χ1v) is 11.8. The number of piperidine rings is 1. The quantitative estimate of drug-likeness (QED) is 0.482. The van der Waals surface area contributed by atoms with Crippen molar-refractivity contribution in [3.8, 4) is 0 Å². The van der Waals surface area contributed by atoms with Crippen molar-refractivity contribution in [1.29, 1.82) is 0 Å². The molecule has 0 radical (unpaired) electrons. The van der Waals surface area contributed by atoms with Crippen LogP contribution < -0.4 is 4.90 Å². The average molecular weight is 448 g/mol. The Labute approximate surface area is 184 Å². The monoisotopic (exact) mass is 447 g/mol. The van der Waals surface area contributed by atoms with E-state index in [1.54, 1.807) is 12.4 Å². The van der Waals surface area contributed by atoms with Crippen LogP contribution in [-0.2, 0) is 0 Å². The number of fused-ring (bicyclic) bond motifs is 1. The van der Waals surface area contributed by atoms with Crippen LogP contribution in [0.3, 0.4) is 0 Å². The SMILES string of the molecule is Clc1cccc(Sc2cnc(N3CCC4(CCCCC4)CC3)n3ncnc23)c1Cl. The Kier molecular flexibility index (Phi) is 5.35. The third-order valence-corrected chi connectivity index (χ3v) is 8.41. The smallest absolute Gasteiger partial charge is 0.228 e. The lowest BCUT2D eigenvalue weighted by atomic mass is 9.68. The minimum atomic E-state index is 0.545. The molecule has 1 saturated carbocycles. The predicted molar refractivity (Wildman–Crippen MR) is 118 cm³/mol. The molecule has 0 amide bonds. The van der Waals surface area contributed by atoms with E-state index in [1.807, 2.05) is 22.8 Å². The second kappa shape index (κ2) is 7.97. The molecular formula is C21H23Cl2N5S. The van der Waals surface area contributed by atoms with Gasteiger partial charge in [-0.3, -0.25) is 0 Å². The Hall–Kier alpha value is -1.50. The maximum absolute atomic E-state index is 6.37. The zero-order valence-electron chi connectivity index (χ0n) is 16.2. The van der Waals surface area contributed by atoms with Crippen LogP contribution in [0.4, 0.5) is 5.95 Å². The normalized spacial score (nSPS) is 19.2. The second-order valence-electron chi connectivity index (χ2n) is 8.12. The van der Waals surface area contributed by atoms with Crippen molar-refractivity contribution in [1.82, 2.24) is 19.6 Å². The molecule has 0 bridgehead atoms. The molecule has 1 spiro atoms.